The van der Waals surface area contributed by atoms with Crippen LogP contribution in [0.25, 0.3) is 0 Å². The summed E-state index contributed by atoms with van der Waals surface area (Å²) in [6.07, 6.45) is -1.31. The third-order valence-corrected chi connectivity index (χ3v) is 2.77. The van der Waals surface area contributed by atoms with Gasteiger partial charge in [-0.1, -0.05) is 12.2 Å². The number of hydrogen-bond donors (Lipinski definition) is 2. The lowest BCUT2D eigenvalue weighted by Crippen LogP contribution is -2.14. The first kappa shape index (κ1) is 14.3. The van der Waals surface area contributed by atoms with E-state index < -0.39 is 11.7 Å². The molecule has 0 unspecified atom stereocenters. The molecule has 0 spiro atoms. The zero-order valence-corrected chi connectivity index (χ0v) is 10.9. The summed E-state index contributed by atoms with van der Waals surface area (Å²) in [5.74, 6) is 0. The Kier molecular flexibility index (Phi) is 3.89. The minimum Gasteiger partial charge on any atom is -0.389 e. The highest BCUT2D eigenvalue weighted by atomic mass is 32.1. The quantitative estimate of drug-likeness (QED) is 0.852. The number of nitrogens with zero attached hydrogens (tertiary/aromatic N) is 1. The molecule has 0 saturated heterocycles. The summed E-state index contributed by atoms with van der Waals surface area (Å²) >= 11 is 4.80. The molecular formula is C13H10F3N3S. The average molecular weight is 297 g/mol. The molecule has 0 aliphatic heterocycles. The van der Waals surface area contributed by atoms with Crippen molar-refractivity contribution in [2.45, 2.75) is 6.18 Å². The van der Waals surface area contributed by atoms with Crippen LogP contribution in [-0.2, 0) is 6.18 Å². The third-order valence-electron chi connectivity index (χ3n) is 2.55. The predicted molar refractivity (Wildman–Crippen MR) is 74.9 cm³/mol. The van der Waals surface area contributed by atoms with Crippen molar-refractivity contribution >= 4 is 28.6 Å². The van der Waals surface area contributed by atoms with E-state index in [1.807, 2.05) is 0 Å². The minimum atomic E-state index is -4.44. The van der Waals surface area contributed by atoms with Gasteiger partial charge in [-0.25, -0.2) is 0 Å². The monoisotopic (exact) mass is 297 g/mol. The number of rotatable bonds is 3. The van der Waals surface area contributed by atoms with Crippen LogP contribution >= 0.6 is 12.2 Å². The van der Waals surface area contributed by atoms with Gasteiger partial charge in [0.2, 0.25) is 0 Å². The van der Waals surface area contributed by atoms with Crippen molar-refractivity contribution in [1.29, 1.82) is 0 Å². The van der Waals surface area contributed by atoms with Crippen molar-refractivity contribution in [3.8, 4) is 0 Å². The summed E-state index contributed by atoms with van der Waals surface area (Å²) in [6.45, 7) is 0. The van der Waals surface area contributed by atoms with Crippen LogP contribution in [0, 0.1) is 0 Å². The van der Waals surface area contributed by atoms with Gasteiger partial charge in [-0.2, -0.15) is 13.2 Å². The highest BCUT2D eigenvalue weighted by Crippen LogP contribution is 2.32. The van der Waals surface area contributed by atoms with Gasteiger partial charge in [0.05, 0.1) is 17.4 Å². The average Bonchev–Trinajstić information content (AvgIpc) is 2.38. The van der Waals surface area contributed by atoms with Crippen LogP contribution in [0.3, 0.4) is 0 Å². The van der Waals surface area contributed by atoms with Gasteiger partial charge in [-0.05, 0) is 30.3 Å². The van der Waals surface area contributed by atoms with Crippen LogP contribution in [0.5, 0.6) is 0 Å². The number of halogens is 3. The number of anilines is 2. The molecule has 7 heteroatoms. The highest BCUT2D eigenvalue weighted by Gasteiger charge is 2.31. The maximum absolute atomic E-state index is 12.7. The number of aromatic nitrogens is 1. The smallest absolute Gasteiger partial charge is 0.389 e. The molecule has 20 heavy (non-hydrogen) atoms. The van der Waals surface area contributed by atoms with Crippen molar-refractivity contribution in [2.75, 3.05) is 5.32 Å². The highest BCUT2D eigenvalue weighted by molar-refractivity contribution is 7.80. The topological polar surface area (TPSA) is 50.9 Å². The van der Waals surface area contributed by atoms with Crippen LogP contribution in [-0.4, -0.2) is 9.97 Å². The Morgan fingerprint density at radius 2 is 2.00 bits per heavy atom. The van der Waals surface area contributed by atoms with Gasteiger partial charge in [0.25, 0.3) is 0 Å². The Hall–Kier alpha value is -2.15. The van der Waals surface area contributed by atoms with Gasteiger partial charge in [-0.15, -0.1) is 0 Å². The summed E-state index contributed by atoms with van der Waals surface area (Å²) < 4.78 is 38.0. The van der Waals surface area contributed by atoms with E-state index in [0.29, 0.717) is 11.4 Å². The molecule has 2 rings (SSSR count). The van der Waals surface area contributed by atoms with E-state index in [0.717, 1.165) is 12.1 Å². The Morgan fingerprint density at radius 1 is 1.25 bits per heavy atom. The lowest BCUT2D eigenvalue weighted by atomic mass is 10.1. The Bertz CT molecular complexity index is 627. The van der Waals surface area contributed by atoms with Crippen LogP contribution in [0.1, 0.15) is 11.1 Å². The molecule has 3 N–H and O–H groups in total. The van der Waals surface area contributed by atoms with Crippen LogP contribution in [0.15, 0.2) is 42.7 Å². The normalized spacial score (nSPS) is 11.2. The Labute approximate surface area is 118 Å². The van der Waals surface area contributed by atoms with Crippen LogP contribution in [0.4, 0.5) is 24.5 Å². The second-order valence-corrected chi connectivity index (χ2v) is 4.43. The first-order valence-corrected chi connectivity index (χ1v) is 5.97. The summed E-state index contributed by atoms with van der Waals surface area (Å²) in [7, 11) is 0. The maximum atomic E-state index is 12.7. The summed E-state index contributed by atoms with van der Waals surface area (Å²) in [6, 6.07) is 6.63. The van der Waals surface area contributed by atoms with E-state index in [1.54, 1.807) is 24.5 Å². The van der Waals surface area contributed by atoms with E-state index in [4.69, 9.17) is 18.0 Å². The standard InChI is InChI=1S/C13H10F3N3S/c14-13(15,16)8-3-4-11(10(6-8)12(17)20)19-9-2-1-5-18-7-9/h1-7,19H,(H2,17,20). The number of thiocarbonyl (C=S) groups is 1. The largest absolute Gasteiger partial charge is 0.416 e. The number of pyridine rings is 1. The zero-order chi connectivity index (χ0) is 14.8. The molecule has 2 aromatic rings. The minimum absolute atomic E-state index is 0.109. The number of nitrogens with two attached hydrogens (primary N) is 1. The molecule has 0 fully saturated rings. The number of nitrogens with one attached hydrogen (secondary N) is 1. The zero-order valence-electron chi connectivity index (χ0n) is 10.1. The van der Waals surface area contributed by atoms with Gasteiger partial charge in [0.1, 0.15) is 4.99 Å². The van der Waals surface area contributed by atoms with Crippen LogP contribution in [0.2, 0.25) is 0 Å². The van der Waals surface area contributed by atoms with Crippen molar-refractivity contribution in [3.05, 3.63) is 53.9 Å². The number of alkyl halides is 3. The molecule has 0 aliphatic rings. The number of hydrogen-bond acceptors (Lipinski definition) is 3. The second kappa shape index (κ2) is 5.46. The molecule has 1 heterocycles. The van der Waals surface area contributed by atoms with Crippen molar-refractivity contribution < 1.29 is 13.2 Å². The van der Waals surface area contributed by atoms with Gasteiger partial charge in [0, 0.05) is 17.4 Å². The Morgan fingerprint density at radius 3 is 2.55 bits per heavy atom. The van der Waals surface area contributed by atoms with Crippen molar-refractivity contribution in [3.63, 3.8) is 0 Å². The fraction of sp³-hybridized carbons (Fsp3) is 0.0769. The summed E-state index contributed by atoms with van der Waals surface area (Å²) in [5, 5.41) is 2.94. The van der Waals surface area contributed by atoms with Crippen molar-refractivity contribution in [1.82, 2.24) is 4.98 Å². The molecular weight excluding hydrogens is 287 g/mol. The molecule has 104 valence electrons. The first-order valence-electron chi connectivity index (χ1n) is 5.56. The Balaban J connectivity index is 2.41. The van der Waals surface area contributed by atoms with E-state index in [-0.39, 0.29) is 10.6 Å². The third kappa shape index (κ3) is 3.24. The SMILES string of the molecule is NC(=S)c1cc(C(F)(F)F)ccc1Nc1cccnc1. The van der Waals surface area contributed by atoms with Gasteiger partial charge in [0.15, 0.2) is 0 Å². The first-order chi connectivity index (χ1) is 9.38. The summed E-state index contributed by atoms with van der Waals surface area (Å²) in [4.78, 5) is 3.80. The molecule has 0 aliphatic carbocycles. The fourth-order valence-corrected chi connectivity index (χ4v) is 1.79. The summed E-state index contributed by atoms with van der Waals surface area (Å²) in [5.41, 5.74) is 5.86. The maximum Gasteiger partial charge on any atom is 0.416 e. The van der Waals surface area contributed by atoms with Crippen LogP contribution < -0.4 is 11.1 Å². The van der Waals surface area contributed by atoms with E-state index in [1.165, 1.54) is 6.07 Å². The second-order valence-electron chi connectivity index (χ2n) is 3.99. The predicted octanol–water partition coefficient (Wildman–Crippen LogP) is 3.48. The molecule has 0 radical (unpaired) electrons. The van der Waals surface area contributed by atoms with E-state index in [2.05, 4.69) is 10.3 Å². The van der Waals surface area contributed by atoms with Crippen molar-refractivity contribution in [2.24, 2.45) is 5.73 Å². The number of benzene rings is 1. The molecule has 1 aromatic heterocycles. The molecule has 1 aromatic carbocycles. The van der Waals surface area contributed by atoms with Gasteiger partial charge in [-0.3, -0.25) is 4.98 Å². The molecule has 3 nitrogen and oxygen atoms in total. The van der Waals surface area contributed by atoms with Gasteiger partial charge >= 0.3 is 6.18 Å². The van der Waals surface area contributed by atoms with E-state index in [9.17, 15) is 13.2 Å². The van der Waals surface area contributed by atoms with Gasteiger partial charge < -0.3 is 11.1 Å². The molecule has 0 saturated carbocycles. The van der Waals surface area contributed by atoms with E-state index >= 15 is 0 Å². The fourth-order valence-electron chi connectivity index (χ4n) is 1.63. The molecule has 0 amide bonds. The lowest BCUT2D eigenvalue weighted by Gasteiger charge is -2.14. The molecule has 0 atom stereocenters. The molecule has 0 bridgehead atoms. The lowest BCUT2D eigenvalue weighted by molar-refractivity contribution is -0.137.